The second-order valence-corrected chi connectivity index (χ2v) is 4.25. The van der Waals surface area contributed by atoms with E-state index in [1.807, 2.05) is 19.9 Å². The van der Waals surface area contributed by atoms with Gasteiger partial charge < -0.3 is 10.4 Å². The topological polar surface area (TPSA) is 92.4 Å². The van der Waals surface area contributed by atoms with E-state index in [1.54, 1.807) is 6.92 Å². The lowest BCUT2D eigenvalue weighted by molar-refractivity contribution is 0.0914. The van der Waals surface area contributed by atoms with Gasteiger partial charge in [0, 0.05) is 17.9 Å². The standard InChI is InChI=1S/C11H15N5O2/c1-6-4-7(2)16-11(13-6)14-9(15-16)10(18)12-5-8(3)17/h4,8,17H,5H2,1-3H3,(H,12,18). The lowest BCUT2D eigenvalue weighted by Gasteiger charge is -2.03. The summed E-state index contributed by atoms with van der Waals surface area (Å²) >= 11 is 0. The molecule has 2 rings (SSSR count). The van der Waals surface area contributed by atoms with E-state index in [0.717, 1.165) is 11.4 Å². The van der Waals surface area contributed by atoms with Gasteiger partial charge in [-0.2, -0.15) is 4.98 Å². The highest BCUT2D eigenvalue weighted by Crippen LogP contribution is 2.05. The zero-order valence-corrected chi connectivity index (χ0v) is 10.5. The average Bonchev–Trinajstić information content (AvgIpc) is 2.69. The molecule has 1 atom stereocenters. The smallest absolute Gasteiger partial charge is 0.291 e. The molecule has 0 aliphatic carbocycles. The number of hydrogen-bond donors (Lipinski definition) is 2. The molecule has 7 nitrogen and oxygen atoms in total. The predicted octanol–water partition coefficient (Wildman–Crippen LogP) is -0.148. The van der Waals surface area contributed by atoms with Gasteiger partial charge in [0.05, 0.1) is 6.10 Å². The van der Waals surface area contributed by atoms with E-state index in [9.17, 15) is 4.79 Å². The SMILES string of the molecule is Cc1cc(C)n2nc(C(=O)NCC(C)O)nc2n1. The first kappa shape index (κ1) is 12.4. The van der Waals surface area contributed by atoms with Crippen LogP contribution in [0.5, 0.6) is 0 Å². The summed E-state index contributed by atoms with van der Waals surface area (Å²) in [6, 6.07) is 1.86. The lowest BCUT2D eigenvalue weighted by Crippen LogP contribution is -2.31. The van der Waals surface area contributed by atoms with Crippen molar-refractivity contribution < 1.29 is 9.90 Å². The first-order valence-corrected chi connectivity index (χ1v) is 5.64. The monoisotopic (exact) mass is 249 g/mol. The third-order valence-electron chi connectivity index (χ3n) is 2.38. The van der Waals surface area contributed by atoms with E-state index < -0.39 is 12.0 Å². The number of carbonyl (C=O) groups excluding carboxylic acids is 1. The van der Waals surface area contributed by atoms with E-state index >= 15 is 0 Å². The number of aromatic nitrogens is 4. The summed E-state index contributed by atoms with van der Waals surface area (Å²) < 4.78 is 1.52. The molecule has 0 saturated carbocycles. The largest absolute Gasteiger partial charge is 0.392 e. The molecule has 2 aromatic heterocycles. The minimum Gasteiger partial charge on any atom is -0.392 e. The molecule has 2 N–H and O–H groups in total. The summed E-state index contributed by atoms with van der Waals surface area (Å²) in [7, 11) is 0. The van der Waals surface area contributed by atoms with Crippen molar-refractivity contribution in [2.75, 3.05) is 6.54 Å². The maximum Gasteiger partial charge on any atom is 0.291 e. The molecule has 0 aromatic carbocycles. The van der Waals surface area contributed by atoms with Crippen LogP contribution in [0, 0.1) is 13.8 Å². The van der Waals surface area contributed by atoms with Gasteiger partial charge in [0.2, 0.25) is 5.82 Å². The van der Waals surface area contributed by atoms with Gasteiger partial charge in [-0.25, -0.2) is 9.50 Å². The van der Waals surface area contributed by atoms with Crippen molar-refractivity contribution in [3.05, 3.63) is 23.3 Å². The Hall–Kier alpha value is -2.02. The van der Waals surface area contributed by atoms with Crippen molar-refractivity contribution in [1.82, 2.24) is 24.9 Å². The number of nitrogens with one attached hydrogen (secondary N) is 1. The molecule has 1 amide bonds. The maximum absolute atomic E-state index is 11.7. The Bertz CT molecular complexity index is 590. The van der Waals surface area contributed by atoms with E-state index in [0.29, 0.717) is 5.78 Å². The molecule has 2 aromatic rings. The second kappa shape index (κ2) is 4.69. The summed E-state index contributed by atoms with van der Waals surface area (Å²) in [6.45, 7) is 5.48. The number of aliphatic hydroxyl groups is 1. The fourth-order valence-electron chi connectivity index (χ4n) is 1.58. The summed E-state index contributed by atoms with van der Waals surface area (Å²) in [5.41, 5.74) is 1.68. The number of carbonyl (C=O) groups is 1. The molecule has 0 bridgehead atoms. The normalized spacial score (nSPS) is 12.7. The van der Waals surface area contributed by atoms with Gasteiger partial charge in [-0.05, 0) is 26.8 Å². The first-order chi connectivity index (χ1) is 8.47. The van der Waals surface area contributed by atoms with E-state index in [1.165, 1.54) is 4.52 Å². The van der Waals surface area contributed by atoms with Crippen LogP contribution in [-0.2, 0) is 0 Å². The fourth-order valence-corrected chi connectivity index (χ4v) is 1.58. The highest BCUT2D eigenvalue weighted by Gasteiger charge is 2.14. The van der Waals surface area contributed by atoms with E-state index in [4.69, 9.17) is 5.11 Å². The lowest BCUT2D eigenvalue weighted by atomic mass is 10.4. The Kier molecular flexibility index (Phi) is 3.24. The Morgan fingerprint density at radius 3 is 2.89 bits per heavy atom. The average molecular weight is 249 g/mol. The highest BCUT2D eigenvalue weighted by atomic mass is 16.3. The molecule has 1 unspecified atom stereocenters. The van der Waals surface area contributed by atoms with Crippen molar-refractivity contribution in [2.24, 2.45) is 0 Å². The Morgan fingerprint density at radius 1 is 1.50 bits per heavy atom. The van der Waals surface area contributed by atoms with Crippen LogP contribution < -0.4 is 5.32 Å². The van der Waals surface area contributed by atoms with Crippen LogP contribution in [0.4, 0.5) is 0 Å². The van der Waals surface area contributed by atoms with Gasteiger partial charge in [0.1, 0.15) is 0 Å². The van der Waals surface area contributed by atoms with Crippen molar-refractivity contribution in [3.8, 4) is 0 Å². The number of rotatable bonds is 3. The van der Waals surface area contributed by atoms with Gasteiger partial charge in [0.25, 0.3) is 11.7 Å². The number of fused-ring (bicyclic) bond motifs is 1. The van der Waals surface area contributed by atoms with Gasteiger partial charge in [0.15, 0.2) is 0 Å². The molecule has 0 saturated heterocycles. The third-order valence-corrected chi connectivity index (χ3v) is 2.38. The minimum atomic E-state index is -0.604. The van der Waals surface area contributed by atoms with Crippen LogP contribution in [0.25, 0.3) is 5.78 Å². The van der Waals surface area contributed by atoms with Gasteiger partial charge in [-0.1, -0.05) is 0 Å². The summed E-state index contributed by atoms with van der Waals surface area (Å²) in [5.74, 6) is 0.0324. The van der Waals surface area contributed by atoms with Crippen molar-refractivity contribution in [1.29, 1.82) is 0 Å². The van der Waals surface area contributed by atoms with Crippen molar-refractivity contribution >= 4 is 11.7 Å². The maximum atomic E-state index is 11.7. The molecule has 0 aliphatic heterocycles. The highest BCUT2D eigenvalue weighted by molar-refractivity contribution is 5.90. The number of nitrogens with zero attached hydrogens (tertiary/aromatic N) is 4. The third kappa shape index (κ3) is 2.45. The first-order valence-electron chi connectivity index (χ1n) is 5.64. The molecular formula is C11H15N5O2. The number of aryl methyl sites for hydroxylation is 2. The Morgan fingerprint density at radius 2 is 2.22 bits per heavy atom. The van der Waals surface area contributed by atoms with Gasteiger partial charge in [-0.15, -0.1) is 5.10 Å². The molecule has 0 aliphatic rings. The predicted molar refractivity (Wildman–Crippen MR) is 64.3 cm³/mol. The molecule has 0 spiro atoms. The molecule has 0 fully saturated rings. The summed E-state index contributed by atoms with van der Waals surface area (Å²) in [6.07, 6.45) is -0.604. The number of aliphatic hydroxyl groups excluding tert-OH is 1. The van der Waals surface area contributed by atoms with Crippen LogP contribution in [0.1, 0.15) is 28.9 Å². The molecule has 96 valence electrons. The Labute approximate surface area is 104 Å². The van der Waals surface area contributed by atoms with Crippen LogP contribution in [0.3, 0.4) is 0 Å². The zero-order valence-electron chi connectivity index (χ0n) is 10.5. The number of hydrogen-bond acceptors (Lipinski definition) is 5. The molecule has 18 heavy (non-hydrogen) atoms. The van der Waals surface area contributed by atoms with Crippen LogP contribution in [0.2, 0.25) is 0 Å². The van der Waals surface area contributed by atoms with E-state index in [2.05, 4.69) is 20.4 Å². The molecule has 7 heteroatoms. The van der Waals surface area contributed by atoms with Gasteiger partial charge >= 0.3 is 0 Å². The minimum absolute atomic E-state index is 0.0526. The molecule has 2 heterocycles. The van der Waals surface area contributed by atoms with Crippen molar-refractivity contribution in [3.63, 3.8) is 0 Å². The van der Waals surface area contributed by atoms with Crippen LogP contribution >= 0.6 is 0 Å². The van der Waals surface area contributed by atoms with Gasteiger partial charge in [-0.3, -0.25) is 4.79 Å². The molecular weight excluding hydrogens is 234 g/mol. The second-order valence-electron chi connectivity index (χ2n) is 4.25. The van der Waals surface area contributed by atoms with Crippen LogP contribution in [-0.4, -0.2) is 43.2 Å². The Balaban J connectivity index is 2.30. The summed E-state index contributed by atoms with van der Waals surface area (Å²) in [5, 5.41) is 15.7. The fraction of sp³-hybridized carbons (Fsp3) is 0.455. The van der Waals surface area contributed by atoms with Crippen molar-refractivity contribution in [2.45, 2.75) is 26.9 Å². The number of amides is 1. The molecule has 0 radical (unpaired) electrons. The zero-order chi connectivity index (χ0) is 13.3. The summed E-state index contributed by atoms with van der Waals surface area (Å²) in [4.78, 5) is 20.0. The van der Waals surface area contributed by atoms with Crippen LogP contribution in [0.15, 0.2) is 6.07 Å². The van der Waals surface area contributed by atoms with E-state index in [-0.39, 0.29) is 12.4 Å². The quantitative estimate of drug-likeness (QED) is 0.789.